The molecule has 0 saturated heterocycles. The summed E-state index contributed by atoms with van der Waals surface area (Å²) < 4.78 is 1.64. The molecule has 2 aromatic heterocycles. The molecule has 7 heteroatoms. The van der Waals surface area contributed by atoms with Gasteiger partial charge in [-0.25, -0.2) is 0 Å². The van der Waals surface area contributed by atoms with Gasteiger partial charge in [-0.2, -0.15) is 4.68 Å². The summed E-state index contributed by atoms with van der Waals surface area (Å²) >= 11 is 1.57. The van der Waals surface area contributed by atoms with Crippen LogP contribution in [0.2, 0.25) is 0 Å². The maximum atomic E-state index is 12.1. The molecule has 0 bridgehead atoms. The van der Waals surface area contributed by atoms with Crippen LogP contribution in [0.5, 0.6) is 0 Å². The number of hydrogen-bond acceptors (Lipinski definition) is 5. The lowest BCUT2D eigenvalue weighted by Gasteiger charge is -2.13. The Kier molecular flexibility index (Phi) is 4.24. The first-order chi connectivity index (χ1) is 10.7. The predicted molar refractivity (Wildman–Crippen MR) is 83.7 cm³/mol. The average molecular weight is 313 g/mol. The number of para-hydroxylation sites is 1. The van der Waals surface area contributed by atoms with E-state index in [4.69, 9.17) is 0 Å². The summed E-state index contributed by atoms with van der Waals surface area (Å²) in [5, 5.41) is 16.6. The topological polar surface area (TPSA) is 72.7 Å². The number of carbonyl (C=O) groups is 1. The van der Waals surface area contributed by atoms with Gasteiger partial charge >= 0.3 is 0 Å². The van der Waals surface area contributed by atoms with Crippen LogP contribution < -0.4 is 5.32 Å². The van der Waals surface area contributed by atoms with E-state index < -0.39 is 0 Å². The molecule has 6 nitrogen and oxygen atoms in total. The molecule has 22 heavy (non-hydrogen) atoms. The van der Waals surface area contributed by atoms with Gasteiger partial charge in [0.05, 0.1) is 18.2 Å². The lowest BCUT2D eigenvalue weighted by Crippen LogP contribution is -2.29. The Labute approximate surface area is 131 Å². The lowest BCUT2D eigenvalue weighted by atomic mass is 10.2. The number of nitrogens with one attached hydrogen (secondary N) is 1. The minimum absolute atomic E-state index is 0.0439. The minimum Gasteiger partial charge on any atom is -0.346 e. The van der Waals surface area contributed by atoms with Gasteiger partial charge in [0.25, 0.3) is 0 Å². The number of nitrogens with zero attached hydrogens (tertiary/aromatic N) is 4. The van der Waals surface area contributed by atoms with Crippen molar-refractivity contribution in [1.29, 1.82) is 0 Å². The Morgan fingerprint density at radius 1 is 1.27 bits per heavy atom. The minimum atomic E-state index is -0.275. The first-order valence-corrected chi connectivity index (χ1v) is 7.77. The Hall–Kier alpha value is -2.54. The quantitative estimate of drug-likeness (QED) is 0.783. The fourth-order valence-electron chi connectivity index (χ4n) is 2.15. The van der Waals surface area contributed by atoms with Gasteiger partial charge in [0, 0.05) is 4.88 Å². The molecule has 0 aliphatic heterocycles. The molecule has 3 aromatic rings. The number of thiophene rings is 1. The highest BCUT2D eigenvalue weighted by molar-refractivity contribution is 7.10. The molecule has 0 aliphatic carbocycles. The van der Waals surface area contributed by atoms with Crippen molar-refractivity contribution in [2.45, 2.75) is 19.4 Å². The standard InChI is InChI=1S/C15H15N5OS/c1-11(16-14(21)10-13-8-5-9-22-13)15-17-18-19-20(15)12-6-3-2-4-7-12/h2-9,11H,10H2,1H3,(H,16,21)/t11-/m1/s1. The second kappa shape index (κ2) is 6.48. The number of rotatable bonds is 5. The smallest absolute Gasteiger partial charge is 0.225 e. The van der Waals surface area contributed by atoms with E-state index in [0.29, 0.717) is 12.2 Å². The molecular weight excluding hydrogens is 298 g/mol. The summed E-state index contributed by atoms with van der Waals surface area (Å²) in [6.07, 6.45) is 0.370. The highest BCUT2D eigenvalue weighted by atomic mass is 32.1. The van der Waals surface area contributed by atoms with Crippen molar-refractivity contribution in [3.63, 3.8) is 0 Å². The molecule has 1 aromatic carbocycles. The zero-order chi connectivity index (χ0) is 15.4. The van der Waals surface area contributed by atoms with E-state index in [0.717, 1.165) is 10.6 Å². The number of hydrogen-bond donors (Lipinski definition) is 1. The van der Waals surface area contributed by atoms with Crippen molar-refractivity contribution in [3.8, 4) is 5.69 Å². The Morgan fingerprint density at radius 3 is 2.82 bits per heavy atom. The number of tetrazole rings is 1. The molecule has 3 rings (SSSR count). The van der Waals surface area contributed by atoms with Gasteiger partial charge in [-0.3, -0.25) is 4.79 Å². The van der Waals surface area contributed by atoms with Crippen molar-refractivity contribution < 1.29 is 4.79 Å². The number of carbonyl (C=O) groups excluding carboxylic acids is 1. The highest BCUT2D eigenvalue weighted by Gasteiger charge is 2.18. The number of amides is 1. The van der Waals surface area contributed by atoms with Crippen LogP contribution in [0.3, 0.4) is 0 Å². The molecule has 0 aliphatic rings. The van der Waals surface area contributed by atoms with E-state index in [-0.39, 0.29) is 11.9 Å². The summed E-state index contributed by atoms with van der Waals surface area (Å²) in [7, 11) is 0. The highest BCUT2D eigenvalue weighted by Crippen LogP contribution is 2.14. The SMILES string of the molecule is C[C@@H](NC(=O)Cc1cccs1)c1nnnn1-c1ccccc1. The Balaban J connectivity index is 1.72. The maximum absolute atomic E-state index is 12.1. The largest absolute Gasteiger partial charge is 0.346 e. The number of benzene rings is 1. The summed E-state index contributed by atoms with van der Waals surface area (Å²) in [5.41, 5.74) is 0.863. The third kappa shape index (κ3) is 3.20. The van der Waals surface area contributed by atoms with Gasteiger partial charge in [0.15, 0.2) is 5.82 Å². The van der Waals surface area contributed by atoms with Crippen LogP contribution in [0.25, 0.3) is 5.69 Å². The van der Waals surface area contributed by atoms with Crippen LogP contribution in [0.1, 0.15) is 23.7 Å². The summed E-state index contributed by atoms with van der Waals surface area (Å²) in [6, 6.07) is 13.2. The third-order valence-electron chi connectivity index (χ3n) is 3.17. The summed E-state index contributed by atoms with van der Waals surface area (Å²) in [5.74, 6) is 0.559. The first kappa shape index (κ1) is 14.4. The van der Waals surface area contributed by atoms with Gasteiger partial charge in [-0.1, -0.05) is 24.3 Å². The van der Waals surface area contributed by atoms with Crippen molar-refractivity contribution in [1.82, 2.24) is 25.5 Å². The molecule has 0 unspecified atom stereocenters. The number of aromatic nitrogens is 4. The van der Waals surface area contributed by atoms with Gasteiger partial charge < -0.3 is 5.32 Å². The second-order valence-electron chi connectivity index (χ2n) is 4.83. The van der Waals surface area contributed by atoms with Crippen molar-refractivity contribution >= 4 is 17.2 Å². The van der Waals surface area contributed by atoms with E-state index in [1.165, 1.54) is 0 Å². The van der Waals surface area contributed by atoms with E-state index in [1.807, 2.05) is 54.8 Å². The van der Waals surface area contributed by atoms with Crippen molar-refractivity contribution in [3.05, 3.63) is 58.5 Å². The molecule has 1 N–H and O–H groups in total. The van der Waals surface area contributed by atoms with Crippen LogP contribution in [-0.2, 0) is 11.2 Å². The Bertz CT molecular complexity index is 738. The third-order valence-corrected chi connectivity index (χ3v) is 4.05. The van der Waals surface area contributed by atoms with Gasteiger partial charge in [-0.05, 0) is 40.9 Å². The van der Waals surface area contributed by atoms with Gasteiger partial charge in [0.2, 0.25) is 5.91 Å². The molecule has 112 valence electrons. The molecule has 0 spiro atoms. The van der Waals surface area contributed by atoms with Crippen LogP contribution >= 0.6 is 11.3 Å². The van der Waals surface area contributed by atoms with Crippen molar-refractivity contribution in [2.75, 3.05) is 0 Å². The molecule has 0 radical (unpaired) electrons. The predicted octanol–water partition coefficient (Wildman–Crippen LogP) is 2.14. The molecule has 1 atom stereocenters. The molecule has 0 fully saturated rings. The lowest BCUT2D eigenvalue weighted by molar-refractivity contribution is -0.121. The zero-order valence-electron chi connectivity index (χ0n) is 12.0. The summed E-state index contributed by atoms with van der Waals surface area (Å²) in [6.45, 7) is 1.87. The summed E-state index contributed by atoms with van der Waals surface area (Å²) in [4.78, 5) is 13.1. The fraction of sp³-hybridized carbons (Fsp3) is 0.200. The maximum Gasteiger partial charge on any atom is 0.225 e. The Morgan fingerprint density at radius 2 is 2.09 bits per heavy atom. The van der Waals surface area contributed by atoms with E-state index in [9.17, 15) is 4.79 Å². The van der Waals surface area contributed by atoms with E-state index in [2.05, 4.69) is 20.8 Å². The van der Waals surface area contributed by atoms with Crippen LogP contribution in [0.15, 0.2) is 47.8 Å². The fourth-order valence-corrected chi connectivity index (χ4v) is 2.85. The first-order valence-electron chi connectivity index (χ1n) is 6.89. The van der Waals surface area contributed by atoms with Gasteiger partial charge in [0.1, 0.15) is 0 Å². The van der Waals surface area contributed by atoms with Gasteiger partial charge in [-0.15, -0.1) is 16.4 Å². The second-order valence-corrected chi connectivity index (χ2v) is 5.86. The molecule has 0 saturated carbocycles. The van der Waals surface area contributed by atoms with Crippen LogP contribution in [-0.4, -0.2) is 26.1 Å². The van der Waals surface area contributed by atoms with Crippen LogP contribution in [0, 0.1) is 0 Å². The molecular formula is C15H15N5OS. The molecule has 2 heterocycles. The van der Waals surface area contributed by atoms with E-state index >= 15 is 0 Å². The zero-order valence-corrected chi connectivity index (χ0v) is 12.8. The van der Waals surface area contributed by atoms with Crippen molar-refractivity contribution in [2.24, 2.45) is 0 Å². The van der Waals surface area contributed by atoms with E-state index in [1.54, 1.807) is 16.0 Å². The van der Waals surface area contributed by atoms with Crippen LogP contribution in [0.4, 0.5) is 0 Å². The normalized spacial score (nSPS) is 12.0. The molecule has 1 amide bonds. The monoisotopic (exact) mass is 313 g/mol. The average Bonchev–Trinajstić information content (AvgIpc) is 3.18.